The van der Waals surface area contributed by atoms with Gasteiger partial charge in [0.1, 0.15) is 11.5 Å². The maximum Gasteiger partial charge on any atom is 0.354 e. The molecule has 8 nitrogen and oxygen atoms in total. The number of halogens is 4. The molecular formula is C36H43ClF3N7O. The number of aromatic nitrogens is 3. The first-order valence-corrected chi connectivity index (χ1v) is 16.9. The van der Waals surface area contributed by atoms with E-state index < -0.39 is 24.0 Å². The SMILES string of the molecule is C=C[C@H](N)CCCc1cc(Cl)c(F)c(-c2cc3cn(-c4ccc([C@@H]5CCC[C@@H](CCNC(C)=N)N5CCCF)c(F)c4)c(=O)nc3[nH]2)c1. The Hall–Kier alpha value is -3.93. The molecule has 0 aliphatic carbocycles. The van der Waals surface area contributed by atoms with Crippen molar-refractivity contribution in [3.63, 3.8) is 0 Å². The van der Waals surface area contributed by atoms with Crippen molar-refractivity contribution in [3.8, 4) is 16.9 Å². The van der Waals surface area contributed by atoms with Crippen LogP contribution in [0.2, 0.25) is 5.02 Å². The summed E-state index contributed by atoms with van der Waals surface area (Å²) in [5, 5.41) is 11.2. The predicted octanol–water partition coefficient (Wildman–Crippen LogP) is 7.38. The number of fused-ring (bicyclic) bond motifs is 1. The van der Waals surface area contributed by atoms with Crippen molar-refractivity contribution in [2.45, 2.75) is 76.4 Å². The molecule has 2 aromatic heterocycles. The third-order valence-electron chi connectivity index (χ3n) is 9.12. The third kappa shape index (κ3) is 8.19. The van der Waals surface area contributed by atoms with Crippen LogP contribution in [0, 0.1) is 17.0 Å². The molecule has 12 heteroatoms. The average Bonchev–Trinajstić information content (AvgIpc) is 3.47. The lowest BCUT2D eigenvalue weighted by atomic mass is 9.88. The van der Waals surface area contributed by atoms with Crippen molar-refractivity contribution in [3.05, 3.63) is 93.5 Å². The van der Waals surface area contributed by atoms with Crippen LogP contribution in [-0.2, 0) is 6.42 Å². The minimum absolute atomic E-state index is 0.0112. The van der Waals surface area contributed by atoms with Crippen LogP contribution in [0.1, 0.15) is 69.0 Å². The Morgan fingerprint density at radius 3 is 2.79 bits per heavy atom. The number of amidine groups is 1. The molecule has 3 atom stereocenters. The Morgan fingerprint density at radius 1 is 1.25 bits per heavy atom. The summed E-state index contributed by atoms with van der Waals surface area (Å²) in [5.41, 5.74) is 7.90. The molecule has 2 aromatic carbocycles. The first-order chi connectivity index (χ1) is 23.1. The fourth-order valence-electron chi connectivity index (χ4n) is 6.69. The zero-order valence-electron chi connectivity index (χ0n) is 27.2. The number of aryl methyl sites for hydroxylation is 1. The van der Waals surface area contributed by atoms with Crippen molar-refractivity contribution in [1.29, 1.82) is 5.41 Å². The molecule has 5 N–H and O–H groups in total. The van der Waals surface area contributed by atoms with Crippen molar-refractivity contribution >= 4 is 28.5 Å². The molecule has 4 aromatic rings. The van der Waals surface area contributed by atoms with Gasteiger partial charge in [-0.1, -0.05) is 23.7 Å². The van der Waals surface area contributed by atoms with Crippen molar-refractivity contribution < 1.29 is 13.2 Å². The highest BCUT2D eigenvalue weighted by atomic mass is 35.5. The molecule has 1 fully saturated rings. The van der Waals surface area contributed by atoms with Crippen LogP contribution in [0.15, 0.2) is 60.0 Å². The highest BCUT2D eigenvalue weighted by molar-refractivity contribution is 6.31. The molecule has 0 bridgehead atoms. The number of nitrogens with two attached hydrogens (primary N) is 1. The second kappa shape index (κ2) is 16.0. The average molecular weight is 682 g/mol. The van der Waals surface area contributed by atoms with E-state index >= 15 is 8.78 Å². The second-order valence-electron chi connectivity index (χ2n) is 12.5. The summed E-state index contributed by atoms with van der Waals surface area (Å²) < 4.78 is 45.6. The number of rotatable bonds is 14. The van der Waals surface area contributed by atoms with E-state index in [0.29, 0.717) is 54.1 Å². The van der Waals surface area contributed by atoms with E-state index in [0.717, 1.165) is 44.1 Å². The standard InChI is InChI=1S/C36H43ClF3N7O/c1-3-25(42)8-4-7-23-17-29(34(40)30(37)18-23)32-19-24-21-47(36(48)45-35(24)44-32)27-11-12-28(31(39)20-27)33-10-5-9-26(13-15-43-22(2)41)46(33)16-6-14-38/h3,11-12,17-21,25-26,33H,1,4-10,13-16,42H2,2H3,(H2,41,43)(H,44,45,48)/t25-,26-,33-/m0/s1. The largest absolute Gasteiger partial charge is 0.374 e. The molecule has 0 radical (unpaired) electrons. The molecule has 0 spiro atoms. The molecule has 0 amide bonds. The Kier molecular flexibility index (Phi) is 11.8. The smallest absolute Gasteiger partial charge is 0.354 e. The van der Waals surface area contributed by atoms with Gasteiger partial charge in [-0.05, 0) is 94.2 Å². The summed E-state index contributed by atoms with van der Waals surface area (Å²) >= 11 is 6.26. The van der Waals surface area contributed by atoms with Gasteiger partial charge in [-0.3, -0.25) is 19.3 Å². The van der Waals surface area contributed by atoms with E-state index in [4.69, 9.17) is 22.7 Å². The zero-order chi connectivity index (χ0) is 34.4. The normalized spacial score (nSPS) is 17.5. The Morgan fingerprint density at radius 2 is 2.06 bits per heavy atom. The van der Waals surface area contributed by atoms with E-state index in [9.17, 15) is 9.18 Å². The number of piperidine rings is 1. The first kappa shape index (κ1) is 35.4. The number of likely N-dealkylation sites (tertiary alicyclic amines) is 1. The third-order valence-corrected chi connectivity index (χ3v) is 9.39. The minimum Gasteiger partial charge on any atom is -0.374 e. The van der Waals surface area contributed by atoms with E-state index in [2.05, 4.69) is 26.8 Å². The number of H-pyrrole nitrogens is 1. The molecule has 1 aliphatic heterocycles. The van der Waals surface area contributed by atoms with Gasteiger partial charge < -0.3 is 16.0 Å². The lowest BCUT2D eigenvalue weighted by Crippen LogP contribution is -2.44. The van der Waals surface area contributed by atoms with E-state index in [1.165, 1.54) is 10.6 Å². The highest BCUT2D eigenvalue weighted by Gasteiger charge is 2.32. The van der Waals surface area contributed by atoms with Gasteiger partial charge >= 0.3 is 5.69 Å². The number of aromatic amines is 1. The van der Waals surface area contributed by atoms with Gasteiger partial charge in [0.05, 0.1) is 28.9 Å². The summed E-state index contributed by atoms with van der Waals surface area (Å²) in [6.45, 7) is 6.07. The van der Waals surface area contributed by atoms with Crippen molar-refractivity contribution in [2.24, 2.45) is 5.73 Å². The van der Waals surface area contributed by atoms with Gasteiger partial charge in [-0.15, -0.1) is 6.58 Å². The maximum atomic E-state index is 15.9. The lowest BCUT2D eigenvalue weighted by Gasteiger charge is -2.43. The highest BCUT2D eigenvalue weighted by Crippen LogP contribution is 2.37. The lowest BCUT2D eigenvalue weighted by molar-refractivity contribution is 0.0721. The summed E-state index contributed by atoms with van der Waals surface area (Å²) in [6, 6.07) is 9.53. The Bertz CT molecular complexity index is 1820. The van der Waals surface area contributed by atoms with Crippen LogP contribution in [0.25, 0.3) is 28.0 Å². The molecule has 0 unspecified atom stereocenters. The number of alkyl halides is 1. The molecule has 256 valence electrons. The monoisotopic (exact) mass is 681 g/mol. The topological polar surface area (TPSA) is 116 Å². The first-order valence-electron chi connectivity index (χ1n) is 16.5. The van der Waals surface area contributed by atoms with Crippen LogP contribution >= 0.6 is 11.6 Å². The summed E-state index contributed by atoms with van der Waals surface area (Å²) in [7, 11) is 0. The fraction of sp³-hybridized carbons (Fsp3) is 0.417. The number of nitrogens with zero attached hydrogens (tertiary/aromatic N) is 3. The van der Waals surface area contributed by atoms with Crippen molar-refractivity contribution in [2.75, 3.05) is 19.8 Å². The van der Waals surface area contributed by atoms with Gasteiger partial charge in [0.25, 0.3) is 0 Å². The van der Waals surface area contributed by atoms with Gasteiger partial charge in [-0.2, -0.15) is 4.98 Å². The van der Waals surface area contributed by atoms with Gasteiger partial charge in [-0.25, -0.2) is 13.6 Å². The van der Waals surface area contributed by atoms with E-state index in [1.807, 2.05) is 0 Å². The van der Waals surface area contributed by atoms with Crippen LogP contribution in [0.5, 0.6) is 0 Å². The number of nitrogens with one attached hydrogen (secondary N) is 3. The van der Waals surface area contributed by atoms with Crippen LogP contribution < -0.4 is 16.7 Å². The summed E-state index contributed by atoms with van der Waals surface area (Å²) in [5.74, 6) is -0.657. The summed E-state index contributed by atoms with van der Waals surface area (Å²) in [4.78, 5) is 22.6. The summed E-state index contributed by atoms with van der Waals surface area (Å²) in [6.07, 6.45) is 9.09. The van der Waals surface area contributed by atoms with Gasteiger partial charge in [0, 0.05) is 53.9 Å². The van der Waals surface area contributed by atoms with Crippen LogP contribution in [0.3, 0.4) is 0 Å². The predicted molar refractivity (Wildman–Crippen MR) is 187 cm³/mol. The maximum absolute atomic E-state index is 15.9. The van der Waals surface area contributed by atoms with E-state index in [1.54, 1.807) is 49.5 Å². The van der Waals surface area contributed by atoms with Crippen LogP contribution in [-0.4, -0.2) is 57.1 Å². The number of hydrogen-bond acceptors (Lipinski definition) is 5. The Balaban J connectivity index is 1.41. The molecule has 48 heavy (non-hydrogen) atoms. The molecule has 1 aliphatic rings. The van der Waals surface area contributed by atoms with Gasteiger partial charge in [0.2, 0.25) is 0 Å². The van der Waals surface area contributed by atoms with Crippen molar-refractivity contribution in [1.82, 2.24) is 24.8 Å². The minimum atomic E-state index is -0.620. The number of hydrogen-bond donors (Lipinski definition) is 4. The second-order valence-corrected chi connectivity index (χ2v) is 12.9. The quantitative estimate of drug-likeness (QED) is 0.0630. The zero-order valence-corrected chi connectivity index (χ0v) is 27.9. The molecule has 0 saturated carbocycles. The molecule has 3 heterocycles. The number of benzene rings is 2. The fourth-order valence-corrected chi connectivity index (χ4v) is 6.93. The van der Waals surface area contributed by atoms with Crippen LogP contribution in [0.4, 0.5) is 13.2 Å². The molecule has 1 saturated heterocycles. The van der Waals surface area contributed by atoms with Gasteiger partial charge in [0.15, 0.2) is 5.82 Å². The Labute approximate surface area is 283 Å². The molecular weight excluding hydrogens is 639 g/mol. The van der Waals surface area contributed by atoms with E-state index in [-0.39, 0.29) is 34.4 Å². The molecule has 5 rings (SSSR count).